The maximum Gasteiger partial charge on any atom is 0.137 e. The normalized spacial score (nSPS) is 12.4. The zero-order valence-electron chi connectivity index (χ0n) is 11.2. The van der Waals surface area contributed by atoms with Gasteiger partial charge >= 0.3 is 0 Å². The number of rotatable bonds is 5. The second-order valence-corrected chi connectivity index (χ2v) is 5.44. The lowest BCUT2D eigenvalue weighted by Gasteiger charge is -2.19. The monoisotopic (exact) mass is 339 g/mol. The van der Waals surface area contributed by atoms with Crippen LogP contribution in [-0.2, 0) is 6.42 Å². The summed E-state index contributed by atoms with van der Waals surface area (Å²) < 4.78 is 27.9. The van der Waals surface area contributed by atoms with Crippen LogP contribution in [0.2, 0.25) is 0 Å². The van der Waals surface area contributed by atoms with Crippen LogP contribution in [0.5, 0.6) is 0 Å². The lowest BCUT2D eigenvalue weighted by molar-refractivity contribution is 0.501. The van der Waals surface area contributed by atoms with Gasteiger partial charge in [-0.2, -0.15) is 0 Å². The standard InChI is InChI=1S/C16H16BrF2N/c1-2-20-16(8-11-6-4-3-5-7-11)12-9-15(19)13(17)10-14(12)18/h3-7,9-10,16,20H,2,8H2,1H3. The van der Waals surface area contributed by atoms with Crippen LogP contribution in [0, 0.1) is 11.6 Å². The van der Waals surface area contributed by atoms with Crippen molar-refractivity contribution in [1.82, 2.24) is 5.32 Å². The first-order valence-corrected chi connectivity index (χ1v) is 7.33. The predicted molar refractivity (Wildman–Crippen MR) is 80.6 cm³/mol. The van der Waals surface area contributed by atoms with Gasteiger partial charge in [0.1, 0.15) is 11.6 Å². The maximum atomic E-state index is 14.1. The molecule has 0 radical (unpaired) electrons. The quantitative estimate of drug-likeness (QED) is 0.783. The lowest BCUT2D eigenvalue weighted by Crippen LogP contribution is -2.24. The fourth-order valence-electron chi connectivity index (χ4n) is 2.19. The molecule has 106 valence electrons. The Morgan fingerprint density at radius 2 is 1.80 bits per heavy atom. The number of benzene rings is 2. The highest BCUT2D eigenvalue weighted by Gasteiger charge is 2.18. The smallest absolute Gasteiger partial charge is 0.137 e. The van der Waals surface area contributed by atoms with E-state index in [0.29, 0.717) is 18.5 Å². The Kier molecular flexibility index (Phi) is 5.26. The van der Waals surface area contributed by atoms with Crippen molar-refractivity contribution < 1.29 is 8.78 Å². The van der Waals surface area contributed by atoms with Crippen molar-refractivity contribution in [3.05, 3.63) is 69.7 Å². The number of hydrogen-bond acceptors (Lipinski definition) is 1. The molecule has 0 aliphatic heterocycles. The van der Waals surface area contributed by atoms with Gasteiger partial charge in [-0.3, -0.25) is 0 Å². The van der Waals surface area contributed by atoms with Crippen LogP contribution >= 0.6 is 15.9 Å². The van der Waals surface area contributed by atoms with Crippen molar-refractivity contribution in [3.63, 3.8) is 0 Å². The molecular formula is C16H16BrF2N. The molecule has 0 spiro atoms. The molecule has 0 aliphatic carbocycles. The molecule has 0 saturated heterocycles. The summed E-state index contributed by atoms with van der Waals surface area (Å²) in [6, 6.07) is 12.0. The van der Waals surface area contributed by atoms with E-state index in [4.69, 9.17) is 0 Å². The second-order valence-electron chi connectivity index (χ2n) is 4.59. The molecule has 4 heteroatoms. The summed E-state index contributed by atoms with van der Waals surface area (Å²) in [5.41, 5.74) is 1.44. The third-order valence-electron chi connectivity index (χ3n) is 3.15. The third-order valence-corrected chi connectivity index (χ3v) is 3.76. The molecule has 2 aromatic carbocycles. The summed E-state index contributed by atoms with van der Waals surface area (Å²) in [5.74, 6) is -0.850. The largest absolute Gasteiger partial charge is 0.310 e. The lowest BCUT2D eigenvalue weighted by atomic mass is 9.98. The van der Waals surface area contributed by atoms with E-state index >= 15 is 0 Å². The van der Waals surface area contributed by atoms with Crippen LogP contribution in [0.25, 0.3) is 0 Å². The summed E-state index contributed by atoms with van der Waals surface area (Å²) in [6.45, 7) is 2.64. The highest BCUT2D eigenvalue weighted by Crippen LogP contribution is 2.26. The average Bonchev–Trinajstić information content (AvgIpc) is 2.44. The van der Waals surface area contributed by atoms with Crippen molar-refractivity contribution in [2.24, 2.45) is 0 Å². The highest BCUT2D eigenvalue weighted by atomic mass is 79.9. The van der Waals surface area contributed by atoms with E-state index in [1.807, 2.05) is 37.3 Å². The van der Waals surface area contributed by atoms with E-state index in [1.54, 1.807) is 0 Å². The van der Waals surface area contributed by atoms with Crippen LogP contribution in [-0.4, -0.2) is 6.54 Å². The van der Waals surface area contributed by atoms with Crippen molar-refractivity contribution in [1.29, 1.82) is 0 Å². The van der Waals surface area contributed by atoms with Crippen molar-refractivity contribution in [2.45, 2.75) is 19.4 Å². The van der Waals surface area contributed by atoms with E-state index in [2.05, 4.69) is 21.2 Å². The summed E-state index contributed by atoms with van der Waals surface area (Å²) in [6.07, 6.45) is 0.618. The van der Waals surface area contributed by atoms with E-state index in [1.165, 1.54) is 12.1 Å². The Morgan fingerprint density at radius 1 is 1.10 bits per heavy atom. The molecule has 0 amide bonds. The fraction of sp³-hybridized carbons (Fsp3) is 0.250. The van der Waals surface area contributed by atoms with Gasteiger partial charge in [0.25, 0.3) is 0 Å². The Morgan fingerprint density at radius 3 is 2.45 bits per heavy atom. The average molecular weight is 340 g/mol. The van der Waals surface area contributed by atoms with Gasteiger partial charge in [0.15, 0.2) is 0 Å². The minimum absolute atomic E-state index is 0.147. The molecule has 0 bridgehead atoms. The Balaban J connectivity index is 2.31. The molecule has 0 fully saturated rings. The molecule has 1 atom stereocenters. The van der Waals surface area contributed by atoms with Gasteiger partial charge in [0.2, 0.25) is 0 Å². The molecule has 1 unspecified atom stereocenters. The molecule has 2 rings (SSSR count). The fourth-order valence-corrected chi connectivity index (χ4v) is 2.51. The van der Waals surface area contributed by atoms with Crippen LogP contribution in [0.1, 0.15) is 24.1 Å². The minimum atomic E-state index is -0.447. The summed E-state index contributed by atoms with van der Waals surface area (Å²) in [7, 11) is 0. The molecule has 0 saturated carbocycles. The number of halogens is 3. The summed E-state index contributed by atoms with van der Waals surface area (Å²) in [5, 5.41) is 3.21. The zero-order valence-corrected chi connectivity index (χ0v) is 12.8. The first-order valence-electron chi connectivity index (χ1n) is 6.53. The van der Waals surface area contributed by atoms with Crippen LogP contribution in [0.4, 0.5) is 8.78 Å². The van der Waals surface area contributed by atoms with E-state index < -0.39 is 11.6 Å². The molecule has 20 heavy (non-hydrogen) atoms. The Labute approximate surface area is 126 Å². The molecule has 1 N–H and O–H groups in total. The van der Waals surface area contributed by atoms with Gasteiger partial charge in [0.05, 0.1) is 4.47 Å². The molecular weight excluding hydrogens is 324 g/mol. The molecule has 1 nitrogen and oxygen atoms in total. The number of nitrogens with one attached hydrogen (secondary N) is 1. The van der Waals surface area contributed by atoms with Crippen molar-refractivity contribution in [3.8, 4) is 0 Å². The van der Waals surface area contributed by atoms with Crippen LogP contribution in [0.15, 0.2) is 46.9 Å². The van der Waals surface area contributed by atoms with Crippen LogP contribution in [0.3, 0.4) is 0 Å². The highest BCUT2D eigenvalue weighted by molar-refractivity contribution is 9.10. The van der Waals surface area contributed by atoms with Gasteiger partial charge in [0, 0.05) is 11.6 Å². The Bertz CT molecular complexity index is 572. The first-order chi connectivity index (χ1) is 9.61. The van der Waals surface area contributed by atoms with Crippen molar-refractivity contribution in [2.75, 3.05) is 6.54 Å². The predicted octanol–water partition coefficient (Wildman–Crippen LogP) is 4.62. The van der Waals surface area contributed by atoms with Gasteiger partial charge in [-0.25, -0.2) is 8.78 Å². The number of hydrogen-bond donors (Lipinski definition) is 1. The van der Waals surface area contributed by atoms with Crippen molar-refractivity contribution >= 4 is 15.9 Å². The van der Waals surface area contributed by atoms with Gasteiger partial charge in [-0.1, -0.05) is 37.3 Å². The molecule has 2 aromatic rings. The summed E-state index contributed by atoms with van der Waals surface area (Å²) in [4.78, 5) is 0. The molecule has 0 aromatic heterocycles. The molecule has 0 aliphatic rings. The molecule has 0 heterocycles. The third kappa shape index (κ3) is 3.64. The first kappa shape index (κ1) is 15.1. The van der Waals surface area contributed by atoms with Gasteiger partial charge < -0.3 is 5.32 Å². The SMILES string of the molecule is CCNC(Cc1ccccc1)c1cc(F)c(Br)cc1F. The van der Waals surface area contributed by atoms with Gasteiger partial charge in [-0.05, 0) is 46.6 Å². The second kappa shape index (κ2) is 6.95. The van der Waals surface area contributed by atoms with Gasteiger partial charge in [-0.15, -0.1) is 0 Å². The van der Waals surface area contributed by atoms with E-state index in [-0.39, 0.29) is 10.5 Å². The van der Waals surface area contributed by atoms with Crippen LogP contribution < -0.4 is 5.32 Å². The zero-order chi connectivity index (χ0) is 14.5. The Hall–Kier alpha value is -1.26. The van der Waals surface area contributed by atoms with E-state index in [0.717, 1.165) is 5.56 Å². The number of likely N-dealkylation sites (N-methyl/N-ethyl adjacent to an activating group) is 1. The van der Waals surface area contributed by atoms with E-state index in [9.17, 15) is 8.78 Å². The minimum Gasteiger partial charge on any atom is -0.310 e. The maximum absolute atomic E-state index is 14.1. The topological polar surface area (TPSA) is 12.0 Å². The summed E-state index contributed by atoms with van der Waals surface area (Å²) >= 11 is 3.00.